The van der Waals surface area contributed by atoms with Gasteiger partial charge in [-0.05, 0) is 24.5 Å². The minimum atomic E-state index is -0.548. The third kappa shape index (κ3) is 5.22. The molecule has 0 spiro atoms. The first-order chi connectivity index (χ1) is 16.5. The molecule has 8 heteroatoms. The third-order valence-corrected chi connectivity index (χ3v) is 5.41. The number of hydrogen-bond acceptors (Lipinski definition) is 7. The number of ether oxygens (including phenoxy) is 4. The molecule has 0 bridgehead atoms. The molecule has 0 saturated carbocycles. The lowest BCUT2D eigenvalue weighted by Gasteiger charge is -2.16. The van der Waals surface area contributed by atoms with E-state index in [2.05, 4.69) is 12.2 Å². The smallest absolute Gasteiger partial charge is 0.339 e. The summed E-state index contributed by atoms with van der Waals surface area (Å²) in [6.07, 6.45) is 2.30. The highest BCUT2D eigenvalue weighted by molar-refractivity contribution is 6.06. The molecule has 0 aliphatic heterocycles. The molecule has 0 aliphatic carbocycles. The summed E-state index contributed by atoms with van der Waals surface area (Å²) < 4.78 is 21.3. The summed E-state index contributed by atoms with van der Waals surface area (Å²) in [4.78, 5) is 30.5. The molecular formula is C26H30N2O6. The number of esters is 1. The van der Waals surface area contributed by atoms with Crippen molar-refractivity contribution < 1.29 is 28.5 Å². The molecule has 0 aliphatic rings. The number of benzene rings is 2. The van der Waals surface area contributed by atoms with Gasteiger partial charge in [-0.2, -0.15) is 0 Å². The predicted molar refractivity (Wildman–Crippen MR) is 130 cm³/mol. The van der Waals surface area contributed by atoms with E-state index in [0.717, 1.165) is 29.6 Å². The van der Waals surface area contributed by atoms with Crippen LogP contribution in [0.15, 0.2) is 36.4 Å². The molecule has 3 aromatic rings. The summed E-state index contributed by atoms with van der Waals surface area (Å²) in [6, 6.07) is 10.7. The molecule has 180 valence electrons. The van der Waals surface area contributed by atoms with E-state index in [9.17, 15) is 9.59 Å². The van der Waals surface area contributed by atoms with Gasteiger partial charge in [0.25, 0.3) is 5.91 Å². The van der Waals surface area contributed by atoms with E-state index < -0.39 is 18.5 Å². The predicted octanol–water partition coefficient (Wildman–Crippen LogP) is 4.57. The minimum Gasteiger partial charge on any atom is -0.493 e. The maximum absolute atomic E-state index is 13.1. The van der Waals surface area contributed by atoms with Gasteiger partial charge in [-0.25, -0.2) is 4.79 Å². The number of carbonyl (C=O) groups is 2. The lowest BCUT2D eigenvalue weighted by atomic mass is 9.96. The van der Waals surface area contributed by atoms with E-state index in [1.54, 1.807) is 12.1 Å². The van der Waals surface area contributed by atoms with Crippen molar-refractivity contribution in [1.29, 1.82) is 0 Å². The first-order valence-electron chi connectivity index (χ1n) is 11.1. The van der Waals surface area contributed by atoms with Crippen LogP contribution in [-0.2, 0) is 22.4 Å². The molecule has 34 heavy (non-hydrogen) atoms. The van der Waals surface area contributed by atoms with Crippen LogP contribution in [0.1, 0.15) is 41.9 Å². The van der Waals surface area contributed by atoms with Crippen LogP contribution in [0.25, 0.3) is 10.9 Å². The van der Waals surface area contributed by atoms with Crippen molar-refractivity contribution in [2.45, 2.75) is 33.1 Å². The number of aryl methyl sites for hydroxylation is 1. The van der Waals surface area contributed by atoms with Crippen molar-refractivity contribution >= 4 is 28.5 Å². The number of carbonyl (C=O) groups excluding carboxylic acids is 2. The summed E-state index contributed by atoms with van der Waals surface area (Å²) in [7, 11) is 4.47. The molecule has 1 aromatic heterocycles. The molecular weight excluding hydrogens is 436 g/mol. The summed E-state index contributed by atoms with van der Waals surface area (Å²) in [5, 5.41) is 3.42. The number of rotatable bonds is 10. The van der Waals surface area contributed by atoms with Crippen molar-refractivity contribution in [2.24, 2.45) is 0 Å². The first-order valence-corrected chi connectivity index (χ1v) is 11.1. The van der Waals surface area contributed by atoms with E-state index in [-0.39, 0.29) is 0 Å². The number of pyridine rings is 1. The second kappa shape index (κ2) is 11.4. The molecule has 0 atom stereocenters. The molecule has 0 radical (unpaired) electrons. The molecule has 3 rings (SSSR count). The van der Waals surface area contributed by atoms with E-state index in [1.807, 2.05) is 31.2 Å². The Kier molecular flexibility index (Phi) is 8.29. The summed E-state index contributed by atoms with van der Waals surface area (Å²) >= 11 is 0. The lowest BCUT2D eigenvalue weighted by Crippen LogP contribution is -2.22. The monoisotopic (exact) mass is 466 g/mol. The van der Waals surface area contributed by atoms with Gasteiger partial charge in [0.15, 0.2) is 18.1 Å². The second-order valence-corrected chi connectivity index (χ2v) is 7.57. The van der Waals surface area contributed by atoms with Gasteiger partial charge in [0.05, 0.1) is 32.4 Å². The highest BCUT2D eigenvalue weighted by Gasteiger charge is 2.22. The van der Waals surface area contributed by atoms with Gasteiger partial charge in [-0.1, -0.05) is 38.5 Å². The standard InChI is InChI=1S/C26H30N2O6/c1-6-10-19-17(7-2)24(18-11-8-9-12-20(18)28-19)26(30)34-15-23(29)27-16-13-21(31-3)25(33-5)22(14-16)32-4/h8-9,11-14H,6-7,10,15H2,1-5H3,(H,27,29). The lowest BCUT2D eigenvalue weighted by molar-refractivity contribution is -0.119. The average molecular weight is 467 g/mol. The minimum absolute atomic E-state index is 0.397. The molecule has 1 amide bonds. The van der Waals surface area contributed by atoms with Crippen LogP contribution in [0.3, 0.4) is 0 Å². The number of aromatic nitrogens is 1. The van der Waals surface area contributed by atoms with Crippen LogP contribution in [0.4, 0.5) is 5.69 Å². The summed E-state index contributed by atoms with van der Waals surface area (Å²) in [6.45, 7) is 3.61. The molecule has 0 saturated heterocycles. The van der Waals surface area contributed by atoms with E-state index >= 15 is 0 Å². The fourth-order valence-electron chi connectivity index (χ4n) is 3.91. The molecule has 1 heterocycles. The van der Waals surface area contributed by atoms with Crippen molar-refractivity contribution in [2.75, 3.05) is 33.3 Å². The van der Waals surface area contributed by atoms with Crippen LogP contribution in [0.2, 0.25) is 0 Å². The maximum Gasteiger partial charge on any atom is 0.339 e. The highest BCUT2D eigenvalue weighted by Crippen LogP contribution is 2.39. The SMILES string of the molecule is CCCc1nc2ccccc2c(C(=O)OCC(=O)Nc2cc(OC)c(OC)c(OC)c2)c1CC. The van der Waals surface area contributed by atoms with Crippen LogP contribution >= 0.6 is 0 Å². The quantitative estimate of drug-likeness (QED) is 0.437. The molecule has 1 N–H and O–H groups in total. The molecule has 8 nitrogen and oxygen atoms in total. The number of methoxy groups -OCH3 is 3. The zero-order valence-corrected chi connectivity index (χ0v) is 20.2. The Hall–Kier alpha value is -3.81. The van der Waals surface area contributed by atoms with Gasteiger partial charge in [0, 0.05) is 28.9 Å². The Labute approximate surface area is 199 Å². The first kappa shape index (κ1) is 24.8. The topological polar surface area (TPSA) is 96.0 Å². The van der Waals surface area contributed by atoms with E-state index in [1.165, 1.54) is 21.3 Å². The molecule has 2 aromatic carbocycles. The summed E-state index contributed by atoms with van der Waals surface area (Å²) in [5.41, 5.74) is 3.37. The largest absolute Gasteiger partial charge is 0.493 e. The van der Waals surface area contributed by atoms with Gasteiger partial charge in [0.2, 0.25) is 5.75 Å². The van der Waals surface area contributed by atoms with Gasteiger partial charge >= 0.3 is 5.97 Å². The van der Waals surface area contributed by atoms with Crippen molar-refractivity contribution in [3.05, 3.63) is 53.2 Å². The highest BCUT2D eigenvalue weighted by atomic mass is 16.5. The number of amides is 1. The number of nitrogens with one attached hydrogen (secondary N) is 1. The second-order valence-electron chi connectivity index (χ2n) is 7.57. The van der Waals surface area contributed by atoms with Crippen LogP contribution in [-0.4, -0.2) is 44.8 Å². The normalized spacial score (nSPS) is 10.6. The number of para-hydroxylation sites is 1. The van der Waals surface area contributed by atoms with Crippen molar-refractivity contribution in [3.8, 4) is 17.2 Å². The van der Waals surface area contributed by atoms with Crippen LogP contribution in [0.5, 0.6) is 17.2 Å². The number of nitrogens with zero attached hydrogens (tertiary/aromatic N) is 1. The van der Waals surface area contributed by atoms with Gasteiger partial charge in [0.1, 0.15) is 0 Å². The van der Waals surface area contributed by atoms with Crippen molar-refractivity contribution in [3.63, 3.8) is 0 Å². The average Bonchev–Trinajstić information content (AvgIpc) is 2.85. The Morgan fingerprint density at radius 1 is 0.971 bits per heavy atom. The van der Waals surface area contributed by atoms with Crippen LogP contribution < -0.4 is 19.5 Å². The maximum atomic E-state index is 13.1. The zero-order chi connectivity index (χ0) is 24.7. The van der Waals surface area contributed by atoms with Gasteiger partial charge in [-0.15, -0.1) is 0 Å². The fraction of sp³-hybridized carbons (Fsp3) is 0.346. The Balaban J connectivity index is 1.82. The van der Waals surface area contributed by atoms with Gasteiger partial charge < -0.3 is 24.3 Å². The zero-order valence-electron chi connectivity index (χ0n) is 20.2. The van der Waals surface area contributed by atoms with Crippen LogP contribution in [0, 0.1) is 0 Å². The van der Waals surface area contributed by atoms with E-state index in [0.29, 0.717) is 40.3 Å². The third-order valence-electron chi connectivity index (χ3n) is 5.41. The van der Waals surface area contributed by atoms with E-state index in [4.69, 9.17) is 23.9 Å². The Morgan fingerprint density at radius 2 is 1.65 bits per heavy atom. The molecule has 0 fully saturated rings. The Morgan fingerprint density at radius 3 is 2.24 bits per heavy atom. The Bertz CT molecular complexity index is 1170. The molecule has 0 unspecified atom stereocenters. The number of fused-ring (bicyclic) bond motifs is 1. The van der Waals surface area contributed by atoms with Crippen molar-refractivity contribution in [1.82, 2.24) is 4.98 Å². The number of anilines is 1. The summed E-state index contributed by atoms with van der Waals surface area (Å²) in [5.74, 6) is 0.163. The fourth-order valence-corrected chi connectivity index (χ4v) is 3.91. The van der Waals surface area contributed by atoms with Gasteiger partial charge in [-0.3, -0.25) is 9.78 Å². The number of hydrogen-bond donors (Lipinski definition) is 1.